The summed E-state index contributed by atoms with van der Waals surface area (Å²) in [5.41, 5.74) is 0. The third kappa shape index (κ3) is 4.33. The van der Waals surface area contributed by atoms with E-state index in [1.165, 1.54) is 0 Å². The Hall–Kier alpha value is -1.30. The van der Waals surface area contributed by atoms with E-state index in [1.807, 2.05) is 9.80 Å². The van der Waals surface area contributed by atoms with Crippen LogP contribution in [-0.2, 0) is 4.79 Å². The molecule has 2 amide bonds. The first-order valence-corrected chi connectivity index (χ1v) is 7.91. The van der Waals surface area contributed by atoms with E-state index >= 15 is 0 Å². The summed E-state index contributed by atoms with van der Waals surface area (Å²) in [6, 6.07) is 0.0786. The number of aliphatic carboxylic acids is 1. The monoisotopic (exact) mass is 298 g/mol. The first-order chi connectivity index (χ1) is 9.97. The highest BCUT2D eigenvalue weighted by Gasteiger charge is 2.32. The summed E-state index contributed by atoms with van der Waals surface area (Å²) < 4.78 is 0. The van der Waals surface area contributed by atoms with E-state index < -0.39 is 5.97 Å². The maximum Gasteiger partial charge on any atom is 0.320 e. The van der Waals surface area contributed by atoms with Gasteiger partial charge in [0.1, 0.15) is 0 Å². The van der Waals surface area contributed by atoms with Crippen LogP contribution in [0, 0.1) is 11.8 Å². The Labute approximate surface area is 125 Å². The lowest BCUT2D eigenvalue weighted by molar-refractivity contribution is -0.137. The zero-order valence-electron chi connectivity index (χ0n) is 12.7. The Bertz CT molecular complexity index is 378. The van der Waals surface area contributed by atoms with Crippen LogP contribution >= 0.6 is 0 Å². The molecule has 2 heterocycles. The van der Waals surface area contributed by atoms with Crippen molar-refractivity contribution in [3.8, 4) is 0 Å². The average molecular weight is 298 g/mol. The van der Waals surface area contributed by atoms with Crippen molar-refractivity contribution in [2.75, 3.05) is 26.2 Å². The predicted molar refractivity (Wildman–Crippen MR) is 77.9 cm³/mol. The fourth-order valence-corrected chi connectivity index (χ4v) is 3.30. The summed E-state index contributed by atoms with van der Waals surface area (Å²) in [4.78, 5) is 26.7. The highest BCUT2D eigenvalue weighted by Crippen LogP contribution is 2.25. The van der Waals surface area contributed by atoms with Crippen LogP contribution in [0.1, 0.15) is 39.0 Å². The van der Waals surface area contributed by atoms with Gasteiger partial charge in [-0.25, -0.2) is 4.79 Å². The molecule has 0 aliphatic carbocycles. The van der Waals surface area contributed by atoms with E-state index in [-0.39, 0.29) is 24.5 Å². The minimum absolute atomic E-state index is 0.0786. The Morgan fingerprint density at radius 3 is 2.29 bits per heavy atom. The van der Waals surface area contributed by atoms with Gasteiger partial charge < -0.3 is 20.0 Å². The predicted octanol–water partition coefficient (Wildman–Crippen LogP) is 1.39. The molecule has 2 rings (SSSR count). The lowest BCUT2D eigenvalue weighted by atomic mass is 9.92. The quantitative estimate of drug-likeness (QED) is 0.821. The lowest BCUT2D eigenvalue weighted by Gasteiger charge is -2.34. The van der Waals surface area contributed by atoms with Crippen molar-refractivity contribution in [1.82, 2.24) is 9.80 Å². The van der Waals surface area contributed by atoms with E-state index in [0.29, 0.717) is 18.9 Å². The maximum atomic E-state index is 12.4. The van der Waals surface area contributed by atoms with Crippen molar-refractivity contribution in [2.24, 2.45) is 11.8 Å². The number of aliphatic hydroxyl groups excluding tert-OH is 1. The largest absolute Gasteiger partial charge is 0.481 e. The van der Waals surface area contributed by atoms with E-state index in [1.54, 1.807) is 6.92 Å². The van der Waals surface area contributed by atoms with Crippen LogP contribution in [0.5, 0.6) is 0 Å². The fraction of sp³-hybridized carbons (Fsp3) is 0.867. The normalized spacial score (nSPS) is 25.1. The fourth-order valence-electron chi connectivity index (χ4n) is 3.30. The molecule has 2 fully saturated rings. The van der Waals surface area contributed by atoms with E-state index in [2.05, 4.69) is 0 Å². The number of urea groups is 1. The number of amides is 2. The number of carbonyl (C=O) groups excluding carboxylic acids is 1. The van der Waals surface area contributed by atoms with Gasteiger partial charge in [0.15, 0.2) is 0 Å². The topological polar surface area (TPSA) is 81.1 Å². The van der Waals surface area contributed by atoms with E-state index in [0.717, 1.165) is 38.9 Å². The van der Waals surface area contributed by atoms with Gasteiger partial charge in [0.05, 0.1) is 6.10 Å². The minimum atomic E-state index is -0.741. The van der Waals surface area contributed by atoms with Crippen LogP contribution in [-0.4, -0.2) is 64.3 Å². The molecule has 2 aliphatic heterocycles. The second kappa shape index (κ2) is 7.11. The van der Waals surface area contributed by atoms with Crippen LogP contribution in [0.15, 0.2) is 0 Å². The molecule has 2 unspecified atom stereocenters. The summed E-state index contributed by atoms with van der Waals surface area (Å²) in [6.45, 7) is 4.60. The number of carboxylic acids is 1. The molecule has 0 radical (unpaired) electrons. The zero-order valence-corrected chi connectivity index (χ0v) is 12.7. The van der Waals surface area contributed by atoms with Gasteiger partial charge in [0.25, 0.3) is 0 Å². The molecular weight excluding hydrogens is 272 g/mol. The summed E-state index contributed by atoms with van der Waals surface area (Å²) in [7, 11) is 0. The van der Waals surface area contributed by atoms with Crippen molar-refractivity contribution >= 4 is 12.0 Å². The molecule has 2 atom stereocenters. The first kappa shape index (κ1) is 16.1. The molecule has 21 heavy (non-hydrogen) atoms. The molecule has 0 aromatic rings. The maximum absolute atomic E-state index is 12.4. The molecular formula is C15H26N2O4. The van der Waals surface area contributed by atoms with Crippen molar-refractivity contribution < 1.29 is 19.8 Å². The summed E-state index contributed by atoms with van der Waals surface area (Å²) in [5.74, 6) is -0.120. The molecule has 6 heteroatoms. The van der Waals surface area contributed by atoms with E-state index in [9.17, 15) is 14.7 Å². The van der Waals surface area contributed by atoms with Crippen LogP contribution in [0.2, 0.25) is 0 Å². The Morgan fingerprint density at radius 2 is 1.76 bits per heavy atom. The van der Waals surface area contributed by atoms with Crippen molar-refractivity contribution in [3.05, 3.63) is 0 Å². The van der Waals surface area contributed by atoms with Gasteiger partial charge in [-0.15, -0.1) is 0 Å². The molecule has 2 aliphatic rings. The standard InChI is InChI=1S/C15H26N2O4/c1-11(18)13-6-9-17(10-13)15(21)16-7-4-12(5-8-16)2-3-14(19)20/h11-13,18H,2-10H2,1H3,(H,19,20). The van der Waals surface area contributed by atoms with Crippen molar-refractivity contribution in [1.29, 1.82) is 0 Å². The van der Waals surface area contributed by atoms with Crippen LogP contribution in [0.4, 0.5) is 4.79 Å². The molecule has 2 N–H and O–H groups in total. The number of hydrogen-bond donors (Lipinski definition) is 2. The number of piperidine rings is 1. The van der Waals surface area contributed by atoms with Gasteiger partial charge in [-0.05, 0) is 38.5 Å². The Kier molecular flexibility index (Phi) is 5.45. The third-order valence-corrected chi connectivity index (χ3v) is 4.83. The van der Waals surface area contributed by atoms with Crippen LogP contribution < -0.4 is 0 Å². The van der Waals surface area contributed by atoms with Crippen molar-refractivity contribution in [3.63, 3.8) is 0 Å². The molecule has 0 aromatic carbocycles. The highest BCUT2D eigenvalue weighted by molar-refractivity contribution is 5.74. The van der Waals surface area contributed by atoms with E-state index in [4.69, 9.17) is 5.11 Å². The number of carboxylic acid groups (broad SMARTS) is 1. The van der Waals surface area contributed by atoms with Gasteiger partial charge in [-0.2, -0.15) is 0 Å². The first-order valence-electron chi connectivity index (χ1n) is 7.91. The molecule has 6 nitrogen and oxygen atoms in total. The molecule has 120 valence electrons. The third-order valence-electron chi connectivity index (χ3n) is 4.83. The van der Waals surface area contributed by atoms with Gasteiger partial charge in [-0.1, -0.05) is 0 Å². The number of aliphatic hydroxyl groups is 1. The van der Waals surface area contributed by atoms with Crippen LogP contribution in [0.25, 0.3) is 0 Å². The SMILES string of the molecule is CC(O)C1CCN(C(=O)N2CCC(CCC(=O)O)CC2)C1. The number of hydrogen-bond acceptors (Lipinski definition) is 3. The number of rotatable bonds is 4. The summed E-state index contributed by atoms with van der Waals surface area (Å²) in [5, 5.41) is 18.3. The summed E-state index contributed by atoms with van der Waals surface area (Å²) >= 11 is 0. The second-order valence-electron chi connectivity index (χ2n) is 6.38. The Morgan fingerprint density at radius 1 is 1.14 bits per heavy atom. The lowest BCUT2D eigenvalue weighted by Crippen LogP contribution is -2.46. The highest BCUT2D eigenvalue weighted by atomic mass is 16.4. The average Bonchev–Trinajstić information content (AvgIpc) is 2.95. The minimum Gasteiger partial charge on any atom is -0.481 e. The molecule has 0 bridgehead atoms. The Balaban J connectivity index is 1.74. The van der Waals surface area contributed by atoms with Gasteiger partial charge in [-0.3, -0.25) is 4.79 Å². The van der Waals surface area contributed by atoms with Gasteiger partial charge >= 0.3 is 12.0 Å². The second-order valence-corrected chi connectivity index (χ2v) is 6.38. The summed E-state index contributed by atoms with van der Waals surface area (Å²) in [6.07, 6.45) is 3.24. The number of carbonyl (C=O) groups is 2. The molecule has 0 spiro atoms. The molecule has 2 saturated heterocycles. The number of likely N-dealkylation sites (tertiary alicyclic amines) is 2. The van der Waals surface area contributed by atoms with Crippen LogP contribution in [0.3, 0.4) is 0 Å². The smallest absolute Gasteiger partial charge is 0.320 e. The molecule has 0 aromatic heterocycles. The van der Waals surface area contributed by atoms with Crippen molar-refractivity contribution in [2.45, 2.75) is 45.1 Å². The van der Waals surface area contributed by atoms with Gasteiger partial charge in [0, 0.05) is 38.5 Å². The zero-order chi connectivity index (χ0) is 15.4. The number of nitrogens with zero attached hydrogens (tertiary/aromatic N) is 2. The molecule has 0 saturated carbocycles. The van der Waals surface area contributed by atoms with Gasteiger partial charge in [0.2, 0.25) is 0 Å².